The van der Waals surface area contributed by atoms with Crippen LogP contribution in [0.4, 0.5) is 19.0 Å². The topological polar surface area (TPSA) is 68.9 Å². The number of carbonyl (C=O) groups excluding carboxylic acids is 1. The first kappa shape index (κ1) is 18.4. The second-order valence-electron chi connectivity index (χ2n) is 5.27. The number of nitrogen functional groups attached to an aromatic ring is 1. The van der Waals surface area contributed by atoms with E-state index in [1.807, 2.05) is 6.07 Å². The third kappa shape index (κ3) is 4.61. The fraction of sp³-hybridized carbons (Fsp3) is 0.118. The van der Waals surface area contributed by atoms with Crippen molar-refractivity contribution in [2.75, 3.05) is 5.73 Å². The predicted molar refractivity (Wildman–Crippen MR) is 96.1 cm³/mol. The second-order valence-corrected chi connectivity index (χ2v) is 7.40. The third-order valence-corrected chi connectivity index (χ3v) is 5.24. The molecule has 0 saturated carbocycles. The lowest BCUT2D eigenvalue weighted by molar-refractivity contribution is -0.0328. The molecule has 3 rings (SSSR count). The maximum absolute atomic E-state index is 12.5. The van der Waals surface area contributed by atoms with Crippen LogP contribution < -0.4 is 5.73 Å². The van der Waals surface area contributed by atoms with Crippen LogP contribution in [0.15, 0.2) is 53.7 Å². The molecule has 0 atom stereocenters. The lowest BCUT2D eigenvalue weighted by Crippen LogP contribution is -2.04. The Labute approximate surface area is 155 Å². The number of rotatable bonds is 5. The van der Waals surface area contributed by atoms with Crippen molar-refractivity contribution in [3.63, 3.8) is 0 Å². The average Bonchev–Trinajstić information content (AvgIpc) is 2.98. The van der Waals surface area contributed by atoms with Gasteiger partial charge < -0.3 is 5.73 Å². The summed E-state index contributed by atoms with van der Waals surface area (Å²) < 4.78 is 37.0. The molecule has 3 aromatic rings. The molecule has 2 heterocycles. The minimum absolute atomic E-state index is 0.0375. The van der Waals surface area contributed by atoms with E-state index < -0.39 is 5.51 Å². The molecule has 0 unspecified atom stereocenters. The molecular weight excluding hydrogens is 383 g/mol. The summed E-state index contributed by atoms with van der Waals surface area (Å²) in [5.74, 6) is -0.0885. The largest absolute Gasteiger partial charge is 0.446 e. The molecule has 0 radical (unpaired) electrons. The number of ketones is 1. The van der Waals surface area contributed by atoms with Crippen molar-refractivity contribution < 1.29 is 18.0 Å². The molecule has 0 aliphatic heterocycles. The number of pyridine rings is 1. The number of aromatic nitrogens is 2. The number of halogens is 3. The molecule has 4 nitrogen and oxygen atoms in total. The number of thiazole rings is 1. The van der Waals surface area contributed by atoms with E-state index in [0.717, 1.165) is 5.56 Å². The summed E-state index contributed by atoms with van der Waals surface area (Å²) in [5.41, 5.74) is 2.89. The Hall–Kier alpha value is -2.39. The van der Waals surface area contributed by atoms with E-state index in [9.17, 15) is 18.0 Å². The first-order valence-corrected chi connectivity index (χ1v) is 9.00. The van der Waals surface area contributed by atoms with Crippen LogP contribution in [-0.4, -0.2) is 21.3 Å². The van der Waals surface area contributed by atoms with Crippen molar-refractivity contribution in [2.45, 2.75) is 16.8 Å². The zero-order valence-electron chi connectivity index (χ0n) is 13.2. The number of thioether (sulfide) groups is 1. The highest BCUT2D eigenvalue weighted by molar-refractivity contribution is 8.00. The van der Waals surface area contributed by atoms with Crippen LogP contribution in [0, 0.1) is 0 Å². The van der Waals surface area contributed by atoms with Crippen LogP contribution in [0.3, 0.4) is 0 Å². The van der Waals surface area contributed by atoms with Crippen molar-refractivity contribution in [3.05, 3.63) is 59.2 Å². The number of hydrogen-bond donors (Lipinski definition) is 1. The van der Waals surface area contributed by atoms with E-state index >= 15 is 0 Å². The number of nitrogens with zero attached hydrogens (tertiary/aromatic N) is 2. The summed E-state index contributed by atoms with van der Waals surface area (Å²) in [5, 5.41) is 0.593. The summed E-state index contributed by atoms with van der Waals surface area (Å²) in [7, 11) is 0. The zero-order valence-corrected chi connectivity index (χ0v) is 14.8. The van der Waals surface area contributed by atoms with Crippen molar-refractivity contribution in [2.24, 2.45) is 0 Å². The standard InChI is InChI=1S/C17H12F3N3OS2/c18-17(19,20)26-12-5-3-10(4-6-12)8-13(24)14-15(21)23-16(25-14)11-2-1-7-22-9-11/h1-7,9H,8,21H2. The summed E-state index contributed by atoms with van der Waals surface area (Å²) >= 11 is 0.982. The molecule has 134 valence electrons. The van der Waals surface area contributed by atoms with Gasteiger partial charge in [-0.15, -0.1) is 11.3 Å². The van der Waals surface area contributed by atoms with Gasteiger partial charge in [0.05, 0.1) is 0 Å². The highest BCUT2D eigenvalue weighted by Gasteiger charge is 2.29. The van der Waals surface area contributed by atoms with Crippen molar-refractivity contribution in [1.29, 1.82) is 0 Å². The van der Waals surface area contributed by atoms with Gasteiger partial charge in [0.25, 0.3) is 0 Å². The molecule has 0 saturated heterocycles. The molecule has 0 fully saturated rings. The molecule has 0 aliphatic rings. The Morgan fingerprint density at radius 1 is 1.19 bits per heavy atom. The number of anilines is 1. The van der Waals surface area contributed by atoms with Crippen molar-refractivity contribution in [3.8, 4) is 10.6 Å². The quantitative estimate of drug-likeness (QED) is 0.495. The van der Waals surface area contributed by atoms with E-state index in [1.54, 1.807) is 18.5 Å². The van der Waals surface area contributed by atoms with Gasteiger partial charge in [-0.2, -0.15) is 13.2 Å². The molecular formula is C17H12F3N3OS2. The van der Waals surface area contributed by atoms with Gasteiger partial charge in [0.2, 0.25) is 0 Å². The number of carbonyl (C=O) groups is 1. The number of Topliss-reactive ketones (excluding diaryl/α,β-unsaturated/α-hetero) is 1. The maximum Gasteiger partial charge on any atom is 0.446 e. The van der Waals surface area contributed by atoms with Crippen LogP contribution in [0.5, 0.6) is 0 Å². The van der Waals surface area contributed by atoms with E-state index in [4.69, 9.17) is 5.73 Å². The minimum Gasteiger partial charge on any atom is -0.382 e. The SMILES string of the molecule is Nc1nc(-c2cccnc2)sc1C(=O)Cc1ccc(SC(F)(F)F)cc1. The minimum atomic E-state index is -4.34. The monoisotopic (exact) mass is 395 g/mol. The Morgan fingerprint density at radius 3 is 2.54 bits per heavy atom. The molecule has 26 heavy (non-hydrogen) atoms. The molecule has 9 heteroatoms. The first-order chi connectivity index (χ1) is 12.3. The van der Waals surface area contributed by atoms with Gasteiger partial charge >= 0.3 is 5.51 Å². The number of nitrogens with two attached hydrogens (primary N) is 1. The van der Waals surface area contributed by atoms with E-state index in [2.05, 4.69) is 9.97 Å². The summed E-state index contributed by atoms with van der Waals surface area (Å²) in [6, 6.07) is 9.28. The Bertz CT molecular complexity index is 909. The Kier molecular flexibility index (Phi) is 5.28. The second kappa shape index (κ2) is 7.46. The first-order valence-electron chi connectivity index (χ1n) is 7.36. The highest BCUT2D eigenvalue weighted by atomic mass is 32.2. The van der Waals surface area contributed by atoms with Gasteiger partial charge in [0.15, 0.2) is 5.78 Å². The molecule has 2 aromatic heterocycles. The van der Waals surface area contributed by atoms with E-state index in [0.29, 0.717) is 15.4 Å². The zero-order chi connectivity index (χ0) is 18.7. The Balaban J connectivity index is 1.73. The van der Waals surface area contributed by atoms with Crippen LogP contribution in [0.25, 0.3) is 10.6 Å². The van der Waals surface area contributed by atoms with Crippen molar-refractivity contribution >= 4 is 34.7 Å². The van der Waals surface area contributed by atoms with Gasteiger partial charge in [0.1, 0.15) is 15.7 Å². The fourth-order valence-electron chi connectivity index (χ4n) is 2.22. The number of alkyl halides is 3. The van der Waals surface area contributed by atoms with E-state index in [1.165, 1.54) is 35.6 Å². The molecule has 2 N–H and O–H groups in total. The van der Waals surface area contributed by atoms with Crippen LogP contribution in [-0.2, 0) is 6.42 Å². The van der Waals surface area contributed by atoms with Crippen LogP contribution in [0.1, 0.15) is 15.2 Å². The van der Waals surface area contributed by atoms with Crippen molar-refractivity contribution in [1.82, 2.24) is 9.97 Å². The fourth-order valence-corrected chi connectivity index (χ4v) is 3.67. The van der Waals surface area contributed by atoms with Crippen LogP contribution >= 0.6 is 23.1 Å². The molecule has 0 amide bonds. The van der Waals surface area contributed by atoms with Crippen LogP contribution in [0.2, 0.25) is 0 Å². The Morgan fingerprint density at radius 2 is 1.92 bits per heavy atom. The third-order valence-electron chi connectivity index (χ3n) is 3.34. The lowest BCUT2D eigenvalue weighted by atomic mass is 10.1. The normalized spacial score (nSPS) is 11.5. The molecule has 0 spiro atoms. The average molecular weight is 395 g/mol. The van der Waals surface area contributed by atoms with Gasteiger partial charge in [-0.3, -0.25) is 9.78 Å². The highest BCUT2D eigenvalue weighted by Crippen LogP contribution is 2.37. The van der Waals surface area contributed by atoms with Gasteiger partial charge in [-0.25, -0.2) is 4.98 Å². The number of benzene rings is 1. The van der Waals surface area contributed by atoms with E-state index in [-0.39, 0.29) is 34.7 Å². The van der Waals surface area contributed by atoms with Gasteiger partial charge in [0, 0.05) is 29.3 Å². The summed E-state index contributed by atoms with van der Waals surface area (Å²) in [4.78, 5) is 21.1. The van der Waals surface area contributed by atoms with Gasteiger partial charge in [-0.1, -0.05) is 12.1 Å². The summed E-state index contributed by atoms with van der Waals surface area (Å²) in [6.07, 6.45) is 3.30. The smallest absolute Gasteiger partial charge is 0.382 e. The molecule has 1 aromatic carbocycles. The lowest BCUT2D eigenvalue weighted by Gasteiger charge is -2.06. The maximum atomic E-state index is 12.5. The predicted octanol–water partition coefficient (Wildman–Crippen LogP) is 4.82. The summed E-state index contributed by atoms with van der Waals surface area (Å²) in [6.45, 7) is 0. The molecule has 0 aliphatic carbocycles. The number of hydrogen-bond acceptors (Lipinski definition) is 6. The molecule has 0 bridgehead atoms. The van der Waals surface area contributed by atoms with Gasteiger partial charge in [-0.05, 0) is 41.6 Å².